The van der Waals surface area contributed by atoms with E-state index in [-0.39, 0.29) is 12.5 Å². The van der Waals surface area contributed by atoms with Gasteiger partial charge < -0.3 is 10.4 Å². The summed E-state index contributed by atoms with van der Waals surface area (Å²) in [6.07, 6.45) is 2.49. The van der Waals surface area contributed by atoms with Crippen LogP contribution in [-0.4, -0.2) is 23.2 Å². The standard InChI is InChI=1S/C12H13Cl2NO2/c13-9-4-8(5-10(14)6-9)11(16)15-7-12(17)2-1-3-12/h4-6,17H,1-3,7H2,(H,15,16). The number of carbonyl (C=O) groups excluding carboxylic acids is 1. The minimum atomic E-state index is -0.724. The van der Waals surface area contributed by atoms with E-state index in [4.69, 9.17) is 23.2 Å². The van der Waals surface area contributed by atoms with Gasteiger partial charge in [-0.05, 0) is 37.5 Å². The summed E-state index contributed by atoms with van der Waals surface area (Å²) in [6.45, 7) is 0.274. The Hall–Kier alpha value is -0.770. The topological polar surface area (TPSA) is 49.3 Å². The molecule has 1 aromatic rings. The number of carbonyl (C=O) groups is 1. The summed E-state index contributed by atoms with van der Waals surface area (Å²) >= 11 is 11.6. The van der Waals surface area contributed by atoms with Gasteiger partial charge in [-0.3, -0.25) is 4.79 Å². The lowest BCUT2D eigenvalue weighted by Gasteiger charge is -2.36. The van der Waals surface area contributed by atoms with Crippen LogP contribution >= 0.6 is 23.2 Å². The van der Waals surface area contributed by atoms with Crippen LogP contribution in [0.2, 0.25) is 10.0 Å². The zero-order chi connectivity index (χ0) is 12.5. The summed E-state index contributed by atoms with van der Waals surface area (Å²) in [4.78, 5) is 11.8. The van der Waals surface area contributed by atoms with E-state index in [1.807, 2.05) is 0 Å². The highest BCUT2D eigenvalue weighted by molar-refractivity contribution is 6.35. The normalized spacial score (nSPS) is 17.4. The molecule has 2 N–H and O–H groups in total. The predicted octanol–water partition coefficient (Wildman–Crippen LogP) is 2.64. The molecule has 1 aromatic carbocycles. The number of hydrogen-bond acceptors (Lipinski definition) is 2. The first kappa shape index (κ1) is 12.7. The molecular weight excluding hydrogens is 261 g/mol. The van der Waals surface area contributed by atoms with Gasteiger partial charge in [0.15, 0.2) is 0 Å². The third-order valence-electron chi connectivity index (χ3n) is 2.99. The average molecular weight is 274 g/mol. The monoisotopic (exact) mass is 273 g/mol. The molecule has 5 heteroatoms. The highest BCUT2D eigenvalue weighted by Crippen LogP contribution is 2.30. The van der Waals surface area contributed by atoms with Crippen LogP contribution in [0.3, 0.4) is 0 Å². The molecule has 0 radical (unpaired) electrons. The van der Waals surface area contributed by atoms with Crippen molar-refractivity contribution in [3.8, 4) is 0 Å². The SMILES string of the molecule is O=C(NCC1(O)CCC1)c1cc(Cl)cc(Cl)c1. The number of hydrogen-bond donors (Lipinski definition) is 2. The average Bonchev–Trinajstić information content (AvgIpc) is 2.22. The maximum Gasteiger partial charge on any atom is 0.251 e. The molecule has 0 bridgehead atoms. The van der Waals surface area contributed by atoms with Crippen molar-refractivity contribution >= 4 is 29.1 Å². The quantitative estimate of drug-likeness (QED) is 0.890. The lowest BCUT2D eigenvalue weighted by Crippen LogP contribution is -2.47. The third-order valence-corrected chi connectivity index (χ3v) is 3.42. The van der Waals surface area contributed by atoms with Gasteiger partial charge in [-0.2, -0.15) is 0 Å². The Labute approximate surface area is 110 Å². The highest BCUT2D eigenvalue weighted by Gasteiger charge is 2.34. The van der Waals surface area contributed by atoms with E-state index in [1.54, 1.807) is 18.2 Å². The molecule has 0 aromatic heterocycles. The number of rotatable bonds is 3. The van der Waals surface area contributed by atoms with Gasteiger partial charge in [0.25, 0.3) is 5.91 Å². The van der Waals surface area contributed by atoms with Crippen molar-refractivity contribution in [1.29, 1.82) is 0 Å². The molecule has 1 aliphatic rings. The van der Waals surface area contributed by atoms with Crippen LogP contribution in [0.1, 0.15) is 29.6 Å². The molecule has 0 saturated heterocycles. The minimum absolute atomic E-state index is 0.269. The van der Waals surface area contributed by atoms with Gasteiger partial charge in [-0.1, -0.05) is 23.2 Å². The highest BCUT2D eigenvalue weighted by atomic mass is 35.5. The summed E-state index contributed by atoms with van der Waals surface area (Å²) in [7, 11) is 0. The fraction of sp³-hybridized carbons (Fsp3) is 0.417. The van der Waals surface area contributed by atoms with Crippen molar-refractivity contribution in [2.24, 2.45) is 0 Å². The van der Waals surface area contributed by atoms with Crippen molar-refractivity contribution in [2.45, 2.75) is 24.9 Å². The minimum Gasteiger partial charge on any atom is -0.388 e. The molecule has 1 aliphatic carbocycles. The van der Waals surface area contributed by atoms with Gasteiger partial charge in [-0.25, -0.2) is 0 Å². The molecule has 0 heterocycles. The molecule has 0 aliphatic heterocycles. The largest absolute Gasteiger partial charge is 0.388 e. The van der Waals surface area contributed by atoms with E-state index in [2.05, 4.69) is 5.32 Å². The Morgan fingerprint density at radius 3 is 2.35 bits per heavy atom. The summed E-state index contributed by atoms with van der Waals surface area (Å²) < 4.78 is 0. The zero-order valence-corrected chi connectivity index (χ0v) is 10.7. The van der Waals surface area contributed by atoms with Crippen LogP contribution in [0, 0.1) is 0 Å². The van der Waals surface area contributed by atoms with Crippen molar-refractivity contribution in [1.82, 2.24) is 5.32 Å². The lowest BCUT2D eigenvalue weighted by atomic mass is 9.80. The number of halogens is 2. The molecule has 3 nitrogen and oxygen atoms in total. The zero-order valence-electron chi connectivity index (χ0n) is 9.17. The van der Waals surface area contributed by atoms with E-state index in [9.17, 15) is 9.90 Å². The molecular formula is C12H13Cl2NO2. The summed E-state index contributed by atoms with van der Waals surface area (Å²) in [5, 5.41) is 13.4. The van der Waals surface area contributed by atoms with Crippen molar-refractivity contribution in [3.63, 3.8) is 0 Å². The first-order valence-electron chi connectivity index (χ1n) is 5.45. The molecule has 1 fully saturated rings. The van der Waals surface area contributed by atoms with E-state index in [0.717, 1.165) is 19.3 Å². The predicted molar refractivity (Wildman–Crippen MR) is 67.6 cm³/mol. The summed E-state index contributed by atoms with van der Waals surface area (Å²) in [5.74, 6) is -0.269. The van der Waals surface area contributed by atoms with Crippen LogP contribution < -0.4 is 5.32 Å². The smallest absolute Gasteiger partial charge is 0.251 e. The van der Waals surface area contributed by atoms with E-state index in [1.165, 1.54) is 0 Å². The van der Waals surface area contributed by atoms with Gasteiger partial charge in [0, 0.05) is 22.2 Å². The molecule has 0 spiro atoms. The van der Waals surface area contributed by atoms with Crippen molar-refractivity contribution < 1.29 is 9.90 Å². The van der Waals surface area contributed by atoms with E-state index < -0.39 is 5.60 Å². The first-order chi connectivity index (χ1) is 7.98. The third kappa shape index (κ3) is 3.12. The Balaban J connectivity index is 1.99. The van der Waals surface area contributed by atoms with Gasteiger partial charge >= 0.3 is 0 Å². The number of amides is 1. The van der Waals surface area contributed by atoms with E-state index in [0.29, 0.717) is 15.6 Å². The van der Waals surface area contributed by atoms with Gasteiger partial charge in [0.05, 0.1) is 5.60 Å². The second-order valence-corrected chi connectivity index (χ2v) is 5.29. The molecule has 1 amide bonds. The number of benzene rings is 1. The fourth-order valence-corrected chi connectivity index (χ4v) is 2.32. The molecule has 0 atom stereocenters. The molecule has 1 saturated carbocycles. The van der Waals surface area contributed by atoms with Gasteiger partial charge in [-0.15, -0.1) is 0 Å². The second kappa shape index (κ2) is 4.84. The Kier molecular flexibility index (Phi) is 3.61. The molecule has 92 valence electrons. The number of aliphatic hydroxyl groups is 1. The molecule has 2 rings (SSSR count). The summed E-state index contributed by atoms with van der Waals surface area (Å²) in [6, 6.07) is 4.67. The maximum atomic E-state index is 11.8. The first-order valence-corrected chi connectivity index (χ1v) is 6.21. The van der Waals surface area contributed by atoms with Crippen LogP contribution in [0.5, 0.6) is 0 Å². The Morgan fingerprint density at radius 2 is 1.88 bits per heavy atom. The van der Waals surface area contributed by atoms with Crippen LogP contribution in [0.15, 0.2) is 18.2 Å². The van der Waals surface area contributed by atoms with Gasteiger partial charge in [0.1, 0.15) is 0 Å². The lowest BCUT2D eigenvalue weighted by molar-refractivity contribution is -0.0300. The fourth-order valence-electron chi connectivity index (χ4n) is 1.79. The molecule has 0 unspecified atom stereocenters. The van der Waals surface area contributed by atoms with Crippen molar-refractivity contribution in [2.75, 3.05) is 6.54 Å². The van der Waals surface area contributed by atoms with Crippen LogP contribution in [0.4, 0.5) is 0 Å². The number of nitrogens with one attached hydrogen (secondary N) is 1. The van der Waals surface area contributed by atoms with Crippen molar-refractivity contribution in [3.05, 3.63) is 33.8 Å². The maximum absolute atomic E-state index is 11.8. The van der Waals surface area contributed by atoms with Crippen LogP contribution in [-0.2, 0) is 0 Å². The van der Waals surface area contributed by atoms with Crippen LogP contribution in [0.25, 0.3) is 0 Å². The summed E-state index contributed by atoms with van der Waals surface area (Å²) in [5.41, 5.74) is -0.316. The van der Waals surface area contributed by atoms with Gasteiger partial charge in [0.2, 0.25) is 0 Å². The Morgan fingerprint density at radius 1 is 1.29 bits per heavy atom. The van der Waals surface area contributed by atoms with E-state index >= 15 is 0 Å². The second-order valence-electron chi connectivity index (χ2n) is 4.42. The Bertz CT molecular complexity index is 424. The molecule has 17 heavy (non-hydrogen) atoms.